The lowest BCUT2D eigenvalue weighted by Crippen LogP contribution is -1.98. The second kappa shape index (κ2) is 6.88. The van der Waals surface area contributed by atoms with E-state index in [9.17, 15) is 0 Å². The highest BCUT2D eigenvalue weighted by atomic mass is 16.5. The molecule has 0 aliphatic rings. The fraction of sp³-hybridized carbons (Fsp3) is 0.0870. The van der Waals surface area contributed by atoms with Gasteiger partial charge in [-0.05, 0) is 29.8 Å². The summed E-state index contributed by atoms with van der Waals surface area (Å²) >= 11 is 0. The average molecular weight is 407 g/mol. The quantitative estimate of drug-likeness (QED) is 0.438. The normalized spacial score (nSPS) is 12.5. The molecule has 0 saturated heterocycles. The van der Waals surface area contributed by atoms with Gasteiger partial charge < -0.3 is 9.51 Å². The van der Waals surface area contributed by atoms with Crippen LogP contribution < -0.4 is 0 Å². The average Bonchev–Trinajstić information content (AvgIpc) is 3.55. The minimum Gasteiger partial charge on any atom is -0.334 e. The SMILES string of the molecule is CC(c1ccccc1)c1noc(-c2nc3cc4c(-c5ccncc5)n[nH]c4cc3[nH]2)n1. The summed E-state index contributed by atoms with van der Waals surface area (Å²) in [5.74, 6) is 1.55. The maximum absolute atomic E-state index is 5.51. The van der Waals surface area contributed by atoms with Gasteiger partial charge in [-0.15, -0.1) is 0 Å². The van der Waals surface area contributed by atoms with Crippen molar-refractivity contribution < 1.29 is 4.52 Å². The van der Waals surface area contributed by atoms with Crippen LogP contribution >= 0.6 is 0 Å². The second-order valence-corrected chi connectivity index (χ2v) is 7.40. The van der Waals surface area contributed by atoms with E-state index in [1.807, 2.05) is 42.5 Å². The molecular formula is C23H17N7O. The molecule has 1 atom stereocenters. The monoisotopic (exact) mass is 407 g/mol. The van der Waals surface area contributed by atoms with E-state index < -0.39 is 0 Å². The summed E-state index contributed by atoms with van der Waals surface area (Å²) in [6.07, 6.45) is 3.51. The Hall–Kier alpha value is -4.33. The number of aromatic nitrogens is 7. The molecule has 2 N–H and O–H groups in total. The van der Waals surface area contributed by atoms with E-state index in [1.165, 1.54) is 0 Å². The van der Waals surface area contributed by atoms with Gasteiger partial charge in [-0.3, -0.25) is 10.1 Å². The van der Waals surface area contributed by atoms with Gasteiger partial charge in [0.25, 0.3) is 5.89 Å². The molecule has 4 heterocycles. The first kappa shape index (κ1) is 17.5. The predicted molar refractivity (Wildman–Crippen MR) is 116 cm³/mol. The molecule has 0 bridgehead atoms. The summed E-state index contributed by atoms with van der Waals surface area (Å²) in [6, 6.07) is 18.0. The summed E-state index contributed by atoms with van der Waals surface area (Å²) in [4.78, 5) is 16.6. The summed E-state index contributed by atoms with van der Waals surface area (Å²) in [6.45, 7) is 2.05. The van der Waals surface area contributed by atoms with Crippen molar-refractivity contribution in [1.82, 2.24) is 35.3 Å². The lowest BCUT2D eigenvalue weighted by atomic mass is 10.0. The van der Waals surface area contributed by atoms with Crippen LogP contribution in [0.1, 0.15) is 24.2 Å². The molecule has 0 saturated carbocycles. The molecule has 0 aliphatic heterocycles. The third-order valence-electron chi connectivity index (χ3n) is 5.45. The third-order valence-corrected chi connectivity index (χ3v) is 5.45. The number of pyridine rings is 1. The Morgan fingerprint density at radius 1 is 0.935 bits per heavy atom. The summed E-state index contributed by atoms with van der Waals surface area (Å²) in [5, 5.41) is 12.7. The fourth-order valence-corrected chi connectivity index (χ4v) is 3.75. The zero-order valence-corrected chi connectivity index (χ0v) is 16.6. The molecule has 1 unspecified atom stereocenters. The molecule has 0 radical (unpaired) electrons. The molecule has 0 fully saturated rings. The number of nitrogens with zero attached hydrogens (tertiary/aromatic N) is 5. The van der Waals surface area contributed by atoms with Crippen molar-refractivity contribution in [3.05, 3.63) is 78.4 Å². The van der Waals surface area contributed by atoms with Gasteiger partial charge in [0, 0.05) is 29.3 Å². The van der Waals surface area contributed by atoms with Crippen LogP contribution in [0, 0.1) is 0 Å². The van der Waals surface area contributed by atoms with Gasteiger partial charge in [-0.25, -0.2) is 4.98 Å². The molecule has 150 valence electrons. The van der Waals surface area contributed by atoms with Crippen molar-refractivity contribution in [2.45, 2.75) is 12.8 Å². The molecule has 6 aromatic rings. The van der Waals surface area contributed by atoms with Crippen molar-refractivity contribution in [2.75, 3.05) is 0 Å². The van der Waals surface area contributed by atoms with Crippen LogP contribution in [-0.2, 0) is 0 Å². The Morgan fingerprint density at radius 3 is 2.61 bits per heavy atom. The van der Waals surface area contributed by atoms with Crippen LogP contribution in [-0.4, -0.2) is 35.3 Å². The van der Waals surface area contributed by atoms with Crippen LogP contribution in [0.4, 0.5) is 0 Å². The number of nitrogens with one attached hydrogen (secondary N) is 2. The highest BCUT2D eigenvalue weighted by Crippen LogP contribution is 2.30. The minimum atomic E-state index is 0.0233. The Morgan fingerprint density at radius 2 is 1.77 bits per heavy atom. The van der Waals surface area contributed by atoms with Crippen molar-refractivity contribution in [3.63, 3.8) is 0 Å². The molecule has 2 aromatic carbocycles. The van der Waals surface area contributed by atoms with Crippen LogP contribution in [0.3, 0.4) is 0 Å². The number of hydrogen-bond donors (Lipinski definition) is 2. The zero-order chi connectivity index (χ0) is 20.8. The number of benzene rings is 2. The second-order valence-electron chi connectivity index (χ2n) is 7.40. The van der Waals surface area contributed by atoms with Crippen molar-refractivity contribution in [2.24, 2.45) is 0 Å². The van der Waals surface area contributed by atoms with E-state index in [2.05, 4.69) is 54.3 Å². The first-order valence-corrected chi connectivity index (χ1v) is 9.93. The number of imidazole rings is 1. The van der Waals surface area contributed by atoms with Crippen molar-refractivity contribution in [3.8, 4) is 23.0 Å². The van der Waals surface area contributed by atoms with E-state index in [1.54, 1.807) is 12.4 Å². The predicted octanol–water partition coefficient (Wildman–Crippen LogP) is 4.70. The van der Waals surface area contributed by atoms with Crippen molar-refractivity contribution >= 4 is 21.9 Å². The Kier molecular flexibility index (Phi) is 3.89. The summed E-state index contributed by atoms with van der Waals surface area (Å²) in [5.41, 5.74) is 5.56. The Bertz CT molecular complexity index is 1500. The maximum Gasteiger partial charge on any atom is 0.293 e. The third kappa shape index (κ3) is 2.96. The van der Waals surface area contributed by atoms with E-state index in [0.29, 0.717) is 17.5 Å². The van der Waals surface area contributed by atoms with E-state index in [4.69, 9.17) is 4.52 Å². The number of hydrogen-bond acceptors (Lipinski definition) is 6. The molecule has 4 aromatic heterocycles. The highest BCUT2D eigenvalue weighted by molar-refractivity contribution is 6.00. The number of aromatic amines is 2. The highest BCUT2D eigenvalue weighted by Gasteiger charge is 2.19. The van der Waals surface area contributed by atoms with Gasteiger partial charge >= 0.3 is 0 Å². The van der Waals surface area contributed by atoms with Gasteiger partial charge in [0.2, 0.25) is 0 Å². The first-order valence-electron chi connectivity index (χ1n) is 9.93. The van der Waals surface area contributed by atoms with Crippen LogP contribution in [0.15, 0.2) is 71.5 Å². The van der Waals surface area contributed by atoms with Crippen LogP contribution in [0.2, 0.25) is 0 Å². The lowest BCUT2D eigenvalue weighted by Gasteiger charge is -2.05. The van der Waals surface area contributed by atoms with E-state index in [-0.39, 0.29) is 5.92 Å². The standard InChI is InChI=1S/C23H17N7O/c1-13(14-5-3-2-4-6-14)21-27-23(31-30-21)22-25-18-11-16-17(12-19(18)26-22)28-29-20(16)15-7-9-24-10-8-15/h2-13H,1H3,(H,25,26)(H,28,29). The number of rotatable bonds is 4. The molecule has 8 heteroatoms. The maximum atomic E-state index is 5.51. The van der Waals surface area contributed by atoms with Crippen LogP contribution in [0.25, 0.3) is 44.9 Å². The van der Waals surface area contributed by atoms with Gasteiger partial charge in [0.15, 0.2) is 11.6 Å². The lowest BCUT2D eigenvalue weighted by molar-refractivity contribution is 0.418. The molecule has 31 heavy (non-hydrogen) atoms. The Labute approximate surface area is 176 Å². The van der Waals surface area contributed by atoms with Gasteiger partial charge in [-0.1, -0.05) is 42.4 Å². The van der Waals surface area contributed by atoms with Crippen LogP contribution in [0.5, 0.6) is 0 Å². The Balaban J connectivity index is 1.39. The molecule has 6 rings (SSSR count). The van der Waals surface area contributed by atoms with Gasteiger partial charge in [0.05, 0.1) is 16.6 Å². The molecular weight excluding hydrogens is 390 g/mol. The fourth-order valence-electron chi connectivity index (χ4n) is 3.75. The number of fused-ring (bicyclic) bond motifs is 2. The molecule has 8 nitrogen and oxygen atoms in total. The molecule has 0 amide bonds. The van der Waals surface area contributed by atoms with Gasteiger partial charge in [0.1, 0.15) is 5.69 Å². The van der Waals surface area contributed by atoms with E-state index in [0.717, 1.165) is 38.8 Å². The van der Waals surface area contributed by atoms with Crippen molar-refractivity contribution in [1.29, 1.82) is 0 Å². The molecule has 0 aliphatic carbocycles. The zero-order valence-electron chi connectivity index (χ0n) is 16.6. The number of H-pyrrole nitrogens is 2. The topological polar surface area (TPSA) is 109 Å². The summed E-state index contributed by atoms with van der Waals surface area (Å²) < 4.78 is 5.51. The smallest absolute Gasteiger partial charge is 0.293 e. The van der Waals surface area contributed by atoms with Gasteiger partial charge in [-0.2, -0.15) is 10.1 Å². The minimum absolute atomic E-state index is 0.0233. The summed E-state index contributed by atoms with van der Waals surface area (Å²) in [7, 11) is 0. The first-order chi connectivity index (χ1) is 15.3. The van der Waals surface area contributed by atoms with E-state index >= 15 is 0 Å². The molecule has 0 spiro atoms. The largest absolute Gasteiger partial charge is 0.334 e.